The normalized spacial score (nSPS) is 11.9. The summed E-state index contributed by atoms with van der Waals surface area (Å²) in [6.45, 7) is 4.60. The minimum atomic E-state index is -0.0510. The van der Waals surface area contributed by atoms with E-state index in [1.54, 1.807) is 0 Å². The van der Waals surface area contributed by atoms with Gasteiger partial charge in [-0.1, -0.05) is 134 Å². The Balaban J connectivity index is 2.02. The van der Waals surface area contributed by atoms with Gasteiger partial charge in [0.2, 0.25) is 0 Å². The number of hydrogen-bond acceptors (Lipinski definition) is 3. The van der Waals surface area contributed by atoms with Gasteiger partial charge in [0.25, 0.3) is 0 Å². The van der Waals surface area contributed by atoms with Crippen LogP contribution in [0.3, 0.4) is 0 Å². The number of hydrogen-bond donors (Lipinski definition) is 1. The van der Waals surface area contributed by atoms with E-state index >= 15 is 0 Å². The monoisotopic (exact) mass is 456 g/mol. The largest absolute Gasteiger partial charge is 0.207 e. The van der Waals surface area contributed by atoms with Gasteiger partial charge < -0.3 is 0 Å². The van der Waals surface area contributed by atoms with Gasteiger partial charge in [-0.2, -0.15) is 0 Å². The number of thiol groups is 1. The Hall–Kier alpha value is -0.0900. The summed E-state index contributed by atoms with van der Waals surface area (Å²) in [6, 6.07) is 0. The van der Waals surface area contributed by atoms with Gasteiger partial charge in [-0.05, 0) is 35.9 Å². The van der Waals surface area contributed by atoms with Crippen LogP contribution in [0.25, 0.3) is 0 Å². The van der Waals surface area contributed by atoms with Gasteiger partial charge >= 0.3 is 0 Å². The third-order valence-electron chi connectivity index (χ3n) is 6.24. The van der Waals surface area contributed by atoms with E-state index < -0.39 is 0 Å². The van der Waals surface area contributed by atoms with Crippen LogP contribution in [0.1, 0.15) is 142 Å². The third-order valence-corrected chi connectivity index (χ3v) is 9.49. The molecule has 30 heavy (non-hydrogen) atoms. The van der Waals surface area contributed by atoms with Crippen LogP contribution in [0.5, 0.6) is 0 Å². The Morgan fingerprint density at radius 3 is 1.27 bits per heavy atom. The van der Waals surface area contributed by atoms with Crippen LogP contribution in [0, 0.1) is 0 Å². The zero-order chi connectivity index (χ0) is 21.5. The van der Waals surface area contributed by atoms with E-state index in [9.17, 15) is 0 Å². The first-order valence-corrected chi connectivity index (χ1v) is 15.9. The third kappa shape index (κ3) is 16.6. The molecule has 0 aliphatic rings. The molecule has 0 aliphatic heterocycles. The summed E-state index contributed by atoms with van der Waals surface area (Å²) in [5, 5.41) is 8.00. The molecular formula is C26H52N2S2. The molecule has 0 fully saturated rings. The Morgan fingerprint density at radius 2 is 0.933 bits per heavy atom. The van der Waals surface area contributed by atoms with Crippen molar-refractivity contribution in [1.82, 2.24) is 9.59 Å². The van der Waals surface area contributed by atoms with Crippen LogP contribution >= 0.6 is 22.4 Å². The second-order valence-electron chi connectivity index (χ2n) is 9.11. The Morgan fingerprint density at radius 1 is 0.567 bits per heavy atom. The van der Waals surface area contributed by atoms with Crippen LogP contribution in [0.2, 0.25) is 0 Å². The molecule has 0 unspecified atom stereocenters. The highest BCUT2D eigenvalue weighted by Crippen LogP contribution is 2.37. The van der Waals surface area contributed by atoms with Crippen molar-refractivity contribution in [3.05, 3.63) is 5.38 Å². The molecule has 1 heterocycles. The molecule has 0 aliphatic carbocycles. The van der Waals surface area contributed by atoms with Crippen LogP contribution in [-0.4, -0.2) is 21.1 Å². The minimum absolute atomic E-state index is 0.0510. The van der Waals surface area contributed by atoms with Crippen molar-refractivity contribution < 1.29 is 0 Å². The molecule has 0 amide bonds. The van der Waals surface area contributed by atoms with Gasteiger partial charge in [-0.25, -0.2) is 10.9 Å². The minimum Gasteiger partial charge on any atom is -0.207 e. The Labute approximate surface area is 195 Å². The van der Waals surface area contributed by atoms with E-state index in [1.165, 1.54) is 156 Å². The second kappa shape index (κ2) is 22.1. The number of unbranched alkanes of at least 4 members (excludes halogenated alkanes) is 18. The highest BCUT2D eigenvalue weighted by molar-refractivity contribution is 8.17. The molecule has 0 bridgehead atoms. The standard InChI is InChI=1S/C26H52N2S2/c1-3-5-7-9-11-13-15-17-19-21-23-30(26-25-29-28-27-26)24-22-20-18-16-14-12-10-8-6-4-2/h25,30H,3-24H2,1-2H3. The SMILES string of the molecule is CCCCCCCCCCCC[SH](CCCCCCCCCCCC)c1csnn1. The predicted octanol–water partition coefficient (Wildman–Crippen LogP) is 9.74. The number of nitrogens with zero attached hydrogens (tertiary/aromatic N) is 2. The van der Waals surface area contributed by atoms with Crippen molar-refractivity contribution in [2.45, 2.75) is 147 Å². The van der Waals surface area contributed by atoms with Gasteiger partial charge in [0, 0.05) is 5.38 Å². The van der Waals surface area contributed by atoms with E-state index in [1.807, 2.05) is 0 Å². The number of aromatic nitrogens is 2. The fourth-order valence-corrected chi connectivity index (χ4v) is 7.40. The topological polar surface area (TPSA) is 25.8 Å². The van der Waals surface area contributed by atoms with E-state index in [-0.39, 0.29) is 10.9 Å². The second-order valence-corrected chi connectivity index (χ2v) is 12.2. The maximum Gasteiger partial charge on any atom is 0.112 e. The van der Waals surface area contributed by atoms with Crippen molar-refractivity contribution in [2.24, 2.45) is 0 Å². The molecule has 1 rings (SSSR count). The molecule has 0 spiro atoms. The van der Waals surface area contributed by atoms with Gasteiger partial charge in [0.1, 0.15) is 5.03 Å². The molecule has 0 radical (unpaired) electrons. The first-order valence-electron chi connectivity index (χ1n) is 13.4. The quantitative estimate of drug-likeness (QED) is 0.131. The van der Waals surface area contributed by atoms with Crippen LogP contribution in [0.4, 0.5) is 0 Å². The molecule has 0 saturated heterocycles. The molecule has 0 atom stereocenters. The van der Waals surface area contributed by atoms with Crippen molar-refractivity contribution in [1.29, 1.82) is 0 Å². The average Bonchev–Trinajstić information content (AvgIpc) is 3.29. The lowest BCUT2D eigenvalue weighted by Gasteiger charge is -2.19. The molecule has 0 saturated carbocycles. The summed E-state index contributed by atoms with van der Waals surface area (Å²) in [4.78, 5) is 0. The van der Waals surface area contributed by atoms with E-state index in [2.05, 4.69) is 28.8 Å². The zero-order valence-corrected chi connectivity index (χ0v) is 22.1. The molecular weight excluding hydrogens is 404 g/mol. The van der Waals surface area contributed by atoms with Crippen molar-refractivity contribution >= 4 is 22.4 Å². The van der Waals surface area contributed by atoms with Gasteiger partial charge in [-0.15, -0.1) is 5.10 Å². The zero-order valence-electron chi connectivity index (χ0n) is 20.4. The molecule has 1 aromatic rings. The summed E-state index contributed by atoms with van der Waals surface area (Å²) in [6.07, 6.45) is 28.6. The lowest BCUT2D eigenvalue weighted by molar-refractivity contribution is 0.561. The van der Waals surface area contributed by atoms with Crippen LogP contribution in [-0.2, 0) is 0 Å². The highest BCUT2D eigenvalue weighted by atomic mass is 32.2. The van der Waals surface area contributed by atoms with Gasteiger partial charge in [-0.3, -0.25) is 0 Å². The Bertz CT molecular complexity index is 412. The molecule has 1 aromatic heterocycles. The van der Waals surface area contributed by atoms with Gasteiger partial charge in [0.15, 0.2) is 0 Å². The molecule has 178 valence electrons. The van der Waals surface area contributed by atoms with E-state index in [0.717, 1.165) is 0 Å². The summed E-state index contributed by atoms with van der Waals surface area (Å²) < 4.78 is 4.15. The van der Waals surface area contributed by atoms with E-state index in [4.69, 9.17) is 0 Å². The lowest BCUT2D eigenvalue weighted by Crippen LogP contribution is -1.98. The average molecular weight is 457 g/mol. The summed E-state index contributed by atoms with van der Waals surface area (Å²) in [5.41, 5.74) is 0. The van der Waals surface area contributed by atoms with Crippen LogP contribution in [0.15, 0.2) is 10.4 Å². The Kier molecular flexibility index (Phi) is 20.6. The first-order chi connectivity index (χ1) is 14.9. The van der Waals surface area contributed by atoms with Crippen molar-refractivity contribution in [2.75, 3.05) is 11.5 Å². The predicted molar refractivity (Wildman–Crippen MR) is 141 cm³/mol. The lowest BCUT2D eigenvalue weighted by atomic mass is 10.1. The number of rotatable bonds is 23. The van der Waals surface area contributed by atoms with E-state index in [0.29, 0.717) is 0 Å². The maximum absolute atomic E-state index is 4.44. The maximum atomic E-state index is 4.44. The van der Waals surface area contributed by atoms with Crippen molar-refractivity contribution in [3.8, 4) is 0 Å². The smallest absolute Gasteiger partial charge is 0.112 e. The van der Waals surface area contributed by atoms with Crippen LogP contribution < -0.4 is 0 Å². The molecule has 0 aromatic carbocycles. The first kappa shape index (κ1) is 27.9. The summed E-state index contributed by atoms with van der Waals surface area (Å²) in [5.74, 6) is 2.77. The highest BCUT2D eigenvalue weighted by Gasteiger charge is 2.10. The molecule has 0 N–H and O–H groups in total. The van der Waals surface area contributed by atoms with Crippen molar-refractivity contribution in [3.63, 3.8) is 0 Å². The molecule has 4 heteroatoms. The summed E-state index contributed by atoms with van der Waals surface area (Å²) in [7, 11) is -0.0510. The fourth-order valence-electron chi connectivity index (χ4n) is 4.22. The van der Waals surface area contributed by atoms with Gasteiger partial charge in [0.05, 0.1) is 0 Å². The molecule has 2 nitrogen and oxygen atoms in total. The fraction of sp³-hybridized carbons (Fsp3) is 0.923. The summed E-state index contributed by atoms with van der Waals surface area (Å²) >= 11 is 1.54.